The van der Waals surface area contributed by atoms with Gasteiger partial charge in [-0.15, -0.1) is 0 Å². The van der Waals surface area contributed by atoms with Crippen LogP contribution in [0.25, 0.3) is 0 Å². The molecule has 1 aromatic rings. The summed E-state index contributed by atoms with van der Waals surface area (Å²) in [4.78, 5) is 31.5. The Bertz CT molecular complexity index is 580. The second kappa shape index (κ2) is 4.06. The minimum atomic E-state index is -0.940. The van der Waals surface area contributed by atoms with Crippen molar-refractivity contribution in [1.82, 2.24) is 0 Å². The Morgan fingerprint density at radius 1 is 1.11 bits per heavy atom. The second-order valence-corrected chi connectivity index (χ2v) is 3.91. The van der Waals surface area contributed by atoms with Crippen molar-refractivity contribution in [3.05, 3.63) is 37.4 Å². The first-order valence-corrected chi connectivity index (χ1v) is 5.14. The number of hydrogen-bond donors (Lipinski definition) is 1. The van der Waals surface area contributed by atoms with Crippen LogP contribution >= 0.6 is 0 Å². The zero-order valence-electron chi connectivity index (χ0n) is 9.08. The molecule has 0 aromatic heterocycles. The summed E-state index contributed by atoms with van der Waals surface area (Å²) in [6, 6.07) is 0.701. The molecule has 0 spiro atoms. The highest BCUT2D eigenvalue weighted by Gasteiger charge is 2.34. The number of nitrogens with zero attached hydrogens (tertiary/aromatic N) is 2. The van der Waals surface area contributed by atoms with E-state index in [4.69, 9.17) is 0 Å². The maximum absolute atomic E-state index is 11.7. The lowest BCUT2D eigenvalue weighted by Crippen LogP contribution is -2.14. The van der Waals surface area contributed by atoms with Crippen LogP contribution in [-0.2, 0) is 6.42 Å². The minimum absolute atomic E-state index is 0.0827. The summed E-state index contributed by atoms with van der Waals surface area (Å²) < 4.78 is 0. The van der Waals surface area contributed by atoms with Gasteiger partial charge in [-0.1, -0.05) is 0 Å². The van der Waals surface area contributed by atoms with Gasteiger partial charge in [-0.25, -0.2) is 0 Å². The fraction of sp³-hybridized carbons (Fsp3) is 0.300. The Labute approximate surface area is 100 Å². The van der Waals surface area contributed by atoms with Crippen LogP contribution in [0, 0.1) is 20.2 Å². The van der Waals surface area contributed by atoms with Gasteiger partial charge in [0.25, 0.3) is 5.69 Å². The average Bonchev–Trinajstić information content (AvgIpc) is 2.28. The summed E-state index contributed by atoms with van der Waals surface area (Å²) in [5.74, 6) is -1.27. The number of fused-ring (bicyclic) bond motifs is 1. The van der Waals surface area contributed by atoms with E-state index in [1.54, 1.807) is 0 Å². The van der Waals surface area contributed by atoms with Gasteiger partial charge < -0.3 is 5.11 Å². The van der Waals surface area contributed by atoms with E-state index in [9.17, 15) is 30.1 Å². The number of Topliss-reactive ketones (excluding diaryl/α,β-unsaturated/α-hetero) is 1. The lowest BCUT2D eigenvalue weighted by Gasteiger charge is -2.15. The molecular weight excluding hydrogens is 244 g/mol. The molecule has 0 atom stereocenters. The summed E-state index contributed by atoms with van der Waals surface area (Å²) in [7, 11) is 0. The zero-order valence-corrected chi connectivity index (χ0v) is 9.08. The predicted octanol–water partition coefficient (Wildman–Crippen LogP) is 1.73. The summed E-state index contributed by atoms with van der Waals surface area (Å²) in [6.07, 6.45) is 0.811. The number of hydrogen-bond acceptors (Lipinski definition) is 6. The third-order valence-electron chi connectivity index (χ3n) is 2.87. The molecular formula is C10H8N2O6. The molecule has 94 valence electrons. The van der Waals surface area contributed by atoms with Crippen LogP contribution in [0.3, 0.4) is 0 Å². The second-order valence-electron chi connectivity index (χ2n) is 3.91. The highest BCUT2D eigenvalue weighted by atomic mass is 16.6. The molecule has 8 heteroatoms. The van der Waals surface area contributed by atoms with E-state index >= 15 is 0 Å². The molecule has 0 heterocycles. The van der Waals surface area contributed by atoms with E-state index in [-0.39, 0.29) is 24.0 Å². The third kappa shape index (κ3) is 1.67. The van der Waals surface area contributed by atoms with Gasteiger partial charge >= 0.3 is 5.69 Å². The number of rotatable bonds is 2. The van der Waals surface area contributed by atoms with Crippen LogP contribution < -0.4 is 0 Å². The number of carbonyl (C=O) groups is 1. The first-order chi connectivity index (χ1) is 8.43. The van der Waals surface area contributed by atoms with E-state index in [1.807, 2.05) is 0 Å². The van der Waals surface area contributed by atoms with Crippen LogP contribution in [0.15, 0.2) is 6.07 Å². The van der Waals surface area contributed by atoms with E-state index in [0.29, 0.717) is 12.5 Å². The van der Waals surface area contributed by atoms with Gasteiger partial charge in [0.2, 0.25) is 5.75 Å². The predicted molar refractivity (Wildman–Crippen MR) is 58.7 cm³/mol. The molecule has 0 aliphatic heterocycles. The summed E-state index contributed by atoms with van der Waals surface area (Å²) >= 11 is 0. The average molecular weight is 252 g/mol. The monoisotopic (exact) mass is 252 g/mol. The fourth-order valence-corrected chi connectivity index (χ4v) is 2.09. The van der Waals surface area contributed by atoms with Crippen LogP contribution in [0.4, 0.5) is 11.4 Å². The quantitative estimate of drug-likeness (QED) is 0.631. The minimum Gasteiger partial charge on any atom is -0.502 e. The number of ketones is 1. The van der Waals surface area contributed by atoms with Crippen molar-refractivity contribution >= 4 is 17.2 Å². The number of carbonyl (C=O) groups excluding carboxylic acids is 1. The highest BCUT2D eigenvalue weighted by Crippen LogP contribution is 2.41. The molecule has 1 N–H and O–H groups in total. The van der Waals surface area contributed by atoms with Crippen molar-refractivity contribution in [1.29, 1.82) is 0 Å². The van der Waals surface area contributed by atoms with Gasteiger partial charge in [-0.2, -0.15) is 0 Å². The van der Waals surface area contributed by atoms with Gasteiger partial charge in [-0.3, -0.25) is 25.0 Å². The Morgan fingerprint density at radius 2 is 1.72 bits per heavy atom. The molecule has 0 unspecified atom stereocenters. The van der Waals surface area contributed by atoms with Gasteiger partial charge in [0.15, 0.2) is 5.78 Å². The van der Waals surface area contributed by atoms with E-state index < -0.39 is 32.8 Å². The largest absolute Gasteiger partial charge is 0.502 e. The summed E-state index contributed by atoms with van der Waals surface area (Å²) in [6.45, 7) is 0. The highest BCUT2D eigenvalue weighted by molar-refractivity contribution is 6.03. The van der Waals surface area contributed by atoms with Gasteiger partial charge in [0.1, 0.15) is 0 Å². The maximum Gasteiger partial charge on any atom is 0.318 e. The van der Waals surface area contributed by atoms with Gasteiger partial charge in [-0.05, 0) is 12.8 Å². The first-order valence-electron chi connectivity index (χ1n) is 5.14. The smallest absolute Gasteiger partial charge is 0.318 e. The van der Waals surface area contributed by atoms with Crippen molar-refractivity contribution in [2.75, 3.05) is 0 Å². The molecule has 0 saturated heterocycles. The molecule has 1 aliphatic carbocycles. The number of phenolic OH excluding ortho intramolecular Hbond substituents is 1. The molecule has 1 aliphatic rings. The Morgan fingerprint density at radius 3 is 2.28 bits per heavy atom. The molecule has 0 amide bonds. The summed E-state index contributed by atoms with van der Waals surface area (Å²) in [5.41, 5.74) is -1.49. The lowest BCUT2D eigenvalue weighted by atomic mass is 9.88. The summed E-state index contributed by atoms with van der Waals surface area (Å²) in [5, 5.41) is 31.3. The topological polar surface area (TPSA) is 124 Å². The maximum atomic E-state index is 11.7. The Hall–Kier alpha value is -2.51. The number of benzene rings is 1. The number of aromatic hydroxyl groups is 1. The molecule has 0 radical (unpaired) electrons. The third-order valence-corrected chi connectivity index (χ3v) is 2.87. The van der Waals surface area contributed by atoms with Gasteiger partial charge in [0, 0.05) is 12.0 Å². The lowest BCUT2D eigenvalue weighted by molar-refractivity contribution is -0.395. The Kier molecular flexibility index (Phi) is 2.70. The first kappa shape index (κ1) is 12.0. The van der Waals surface area contributed by atoms with Crippen LogP contribution in [0.5, 0.6) is 5.75 Å². The van der Waals surface area contributed by atoms with Crippen molar-refractivity contribution in [2.24, 2.45) is 0 Å². The number of nitro benzene ring substituents is 2. The number of phenols is 1. The van der Waals surface area contributed by atoms with E-state index in [0.717, 1.165) is 0 Å². The van der Waals surface area contributed by atoms with Crippen molar-refractivity contribution in [3.63, 3.8) is 0 Å². The number of nitro groups is 2. The molecule has 18 heavy (non-hydrogen) atoms. The molecule has 0 fully saturated rings. The van der Waals surface area contributed by atoms with Crippen molar-refractivity contribution in [3.8, 4) is 5.75 Å². The van der Waals surface area contributed by atoms with E-state index in [1.165, 1.54) is 0 Å². The molecule has 1 aromatic carbocycles. The van der Waals surface area contributed by atoms with Crippen LogP contribution in [0.2, 0.25) is 0 Å². The molecule has 2 rings (SSSR count). The van der Waals surface area contributed by atoms with Crippen LogP contribution in [0.1, 0.15) is 28.8 Å². The fourth-order valence-electron chi connectivity index (χ4n) is 2.09. The normalized spacial score (nSPS) is 14.1. The standard InChI is InChI=1S/C10H8N2O6/c13-8-3-1-2-5-6(11(15)16)4-7(12(17)18)10(14)9(5)8/h4,14H,1-3H2. The molecule has 0 bridgehead atoms. The Balaban J connectivity index is 2.82. The van der Waals surface area contributed by atoms with Gasteiger partial charge in [0.05, 0.1) is 21.5 Å². The van der Waals surface area contributed by atoms with Crippen molar-refractivity contribution < 1.29 is 19.7 Å². The van der Waals surface area contributed by atoms with Crippen molar-refractivity contribution in [2.45, 2.75) is 19.3 Å². The SMILES string of the molecule is O=C1CCCc2c([N+](=O)[O-])cc([N+](=O)[O-])c(O)c21. The van der Waals surface area contributed by atoms with Crippen LogP contribution in [-0.4, -0.2) is 20.7 Å². The van der Waals surface area contributed by atoms with E-state index in [2.05, 4.69) is 0 Å². The zero-order chi connectivity index (χ0) is 13.4. The molecule has 0 saturated carbocycles. The molecule has 8 nitrogen and oxygen atoms in total.